The zero-order valence-corrected chi connectivity index (χ0v) is 18.6. The minimum Gasteiger partial charge on any atom is -0.337 e. The maximum atomic E-state index is 13.2. The lowest BCUT2D eigenvalue weighted by Gasteiger charge is -2.21. The number of carbonyl (C=O) groups excluding carboxylic acids is 1. The molecule has 8 heteroatoms. The standard InChI is InChI=1S/C19H29N5O.2ClH/c1-11(2)15-9-14(18(25)23-8-7-13(20)10-23)16-12(3)22-24(17(16)21-15)19(4,5)6;;/h9,11,13H,7-8,10,20H2,1-6H3;2*1H/t13-;;/m1../s1. The van der Waals surface area contributed by atoms with Gasteiger partial charge in [0.2, 0.25) is 0 Å². The summed E-state index contributed by atoms with van der Waals surface area (Å²) in [5, 5.41) is 5.57. The number of pyridine rings is 1. The number of nitrogens with zero attached hydrogens (tertiary/aromatic N) is 4. The Kier molecular flexibility index (Phi) is 7.30. The number of likely N-dealkylation sites (tertiary alicyclic amines) is 1. The normalized spacial score (nSPS) is 17.2. The number of carbonyl (C=O) groups is 1. The van der Waals surface area contributed by atoms with E-state index >= 15 is 0 Å². The van der Waals surface area contributed by atoms with E-state index in [1.165, 1.54) is 0 Å². The van der Waals surface area contributed by atoms with Crippen molar-refractivity contribution in [1.29, 1.82) is 0 Å². The molecular formula is C19H31Cl2N5O. The van der Waals surface area contributed by atoms with Gasteiger partial charge in [0.25, 0.3) is 5.91 Å². The Labute approximate surface area is 173 Å². The van der Waals surface area contributed by atoms with Crippen LogP contribution in [-0.4, -0.2) is 44.7 Å². The Morgan fingerprint density at radius 1 is 1.30 bits per heavy atom. The first-order valence-corrected chi connectivity index (χ1v) is 9.05. The van der Waals surface area contributed by atoms with Crippen molar-refractivity contribution in [2.24, 2.45) is 5.73 Å². The van der Waals surface area contributed by atoms with Crippen LogP contribution in [0.3, 0.4) is 0 Å². The van der Waals surface area contributed by atoms with E-state index in [0.717, 1.165) is 28.8 Å². The molecule has 27 heavy (non-hydrogen) atoms. The molecule has 0 spiro atoms. The quantitative estimate of drug-likeness (QED) is 0.811. The number of fused-ring (bicyclic) bond motifs is 1. The molecule has 0 saturated carbocycles. The van der Waals surface area contributed by atoms with Crippen molar-refractivity contribution in [1.82, 2.24) is 19.7 Å². The van der Waals surface area contributed by atoms with Crippen molar-refractivity contribution >= 4 is 41.8 Å². The van der Waals surface area contributed by atoms with Crippen LogP contribution in [0.2, 0.25) is 0 Å². The molecule has 0 unspecified atom stereocenters. The molecule has 1 aliphatic rings. The maximum Gasteiger partial charge on any atom is 0.254 e. The zero-order valence-electron chi connectivity index (χ0n) is 16.9. The molecule has 152 valence electrons. The van der Waals surface area contributed by atoms with Gasteiger partial charge in [-0.25, -0.2) is 9.67 Å². The third-order valence-electron chi connectivity index (χ3n) is 4.80. The van der Waals surface area contributed by atoms with Gasteiger partial charge >= 0.3 is 0 Å². The first kappa shape index (κ1) is 23.7. The van der Waals surface area contributed by atoms with Gasteiger partial charge in [0.15, 0.2) is 5.65 Å². The number of halogens is 2. The fourth-order valence-electron chi connectivity index (χ4n) is 3.38. The second kappa shape index (κ2) is 8.33. The largest absolute Gasteiger partial charge is 0.337 e. The molecule has 3 heterocycles. The highest BCUT2D eigenvalue weighted by molar-refractivity contribution is 6.06. The highest BCUT2D eigenvalue weighted by Crippen LogP contribution is 2.30. The number of hydrogen-bond acceptors (Lipinski definition) is 4. The summed E-state index contributed by atoms with van der Waals surface area (Å²) in [6.07, 6.45) is 0.858. The molecule has 3 rings (SSSR count). The van der Waals surface area contributed by atoms with Crippen molar-refractivity contribution < 1.29 is 4.79 Å². The van der Waals surface area contributed by atoms with Gasteiger partial charge in [0, 0.05) is 24.8 Å². The van der Waals surface area contributed by atoms with Gasteiger partial charge in [-0.2, -0.15) is 5.10 Å². The van der Waals surface area contributed by atoms with Crippen molar-refractivity contribution in [2.45, 2.75) is 65.5 Å². The van der Waals surface area contributed by atoms with Crippen LogP contribution in [0, 0.1) is 6.92 Å². The molecule has 2 N–H and O–H groups in total. The van der Waals surface area contributed by atoms with Crippen LogP contribution in [0.5, 0.6) is 0 Å². The van der Waals surface area contributed by atoms with Gasteiger partial charge in [-0.15, -0.1) is 24.8 Å². The summed E-state index contributed by atoms with van der Waals surface area (Å²) in [5.41, 5.74) is 9.06. The molecule has 1 fully saturated rings. The lowest BCUT2D eigenvalue weighted by molar-refractivity contribution is 0.0792. The van der Waals surface area contributed by atoms with Crippen LogP contribution in [0.4, 0.5) is 0 Å². The Balaban J connectivity index is 0.00000182. The SMILES string of the molecule is Cc1nn(C(C)(C)C)c2nc(C(C)C)cc(C(=O)N3CC[C@@H](N)C3)c12.Cl.Cl. The molecule has 1 saturated heterocycles. The maximum absolute atomic E-state index is 13.2. The summed E-state index contributed by atoms with van der Waals surface area (Å²) in [6, 6.07) is 2.02. The van der Waals surface area contributed by atoms with Crippen molar-refractivity contribution in [3.63, 3.8) is 0 Å². The Hall–Kier alpha value is -1.37. The Bertz CT molecular complexity index is 826. The minimum atomic E-state index is -0.203. The molecule has 1 atom stereocenters. The van der Waals surface area contributed by atoms with Crippen LogP contribution >= 0.6 is 24.8 Å². The molecule has 0 bridgehead atoms. The summed E-state index contributed by atoms with van der Waals surface area (Å²) in [6.45, 7) is 13.8. The van der Waals surface area contributed by atoms with E-state index in [0.29, 0.717) is 18.7 Å². The molecular weight excluding hydrogens is 385 g/mol. The molecule has 2 aromatic rings. The summed E-state index contributed by atoms with van der Waals surface area (Å²) in [5.74, 6) is 0.277. The highest BCUT2D eigenvalue weighted by Gasteiger charge is 2.29. The third kappa shape index (κ3) is 4.39. The first-order valence-electron chi connectivity index (χ1n) is 9.05. The predicted octanol–water partition coefficient (Wildman–Crippen LogP) is 3.63. The number of aromatic nitrogens is 3. The van der Waals surface area contributed by atoms with Gasteiger partial charge in [-0.05, 0) is 46.1 Å². The van der Waals surface area contributed by atoms with Crippen molar-refractivity contribution in [3.05, 3.63) is 23.0 Å². The van der Waals surface area contributed by atoms with Crippen molar-refractivity contribution in [3.8, 4) is 0 Å². The average Bonchev–Trinajstić information content (AvgIpc) is 3.09. The van der Waals surface area contributed by atoms with Crippen molar-refractivity contribution in [2.75, 3.05) is 13.1 Å². The number of aryl methyl sites for hydroxylation is 1. The second-order valence-corrected chi connectivity index (χ2v) is 8.42. The van der Waals surface area contributed by atoms with E-state index in [2.05, 4.69) is 34.6 Å². The van der Waals surface area contributed by atoms with Gasteiger partial charge in [0.05, 0.1) is 22.2 Å². The van der Waals surface area contributed by atoms with Gasteiger partial charge in [-0.1, -0.05) is 13.8 Å². The molecule has 1 aliphatic heterocycles. The molecule has 0 radical (unpaired) electrons. The Morgan fingerprint density at radius 2 is 1.93 bits per heavy atom. The van der Waals surface area contributed by atoms with Crippen LogP contribution < -0.4 is 5.73 Å². The van der Waals surface area contributed by atoms with E-state index < -0.39 is 0 Å². The lowest BCUT2D eigenvalue weighted by atomic mass is 10.0. The van der Waals surface area contributed by atoms with Crippen LogP contribution in [-0.2, 0) is 5.54 Å². The summed E-state index contributed by atoms with van der Waals surface area (Å²) in [7, 11) is 0. The van der Waals surface area contributed by atoms with E-state index in [9.17, 15) is 4.79 Å². The number of amides is 1. The monoisotopic (exact) mass is 415 g/mol. The van der Waals surface area contributed by atoms with E-state index in [-0.39, 0.29) is 48.2 Å². The predicted molar refractivity (Wildman–Crippen MR) is 114 cm³/mol. The number of nitrogens with two attached hydrogens (primary N) is 1. The van der Waals surface area contributed by atoms with Gasteiger partial charge < -0.3 is 10.6 Å². The lowest BCUT2D eigenvalue weighted by Crippen LogP contribution is -2.32. The summed E-state index contributed by atoms with van der Waals surface area (Å²) < 4.78 is 1.94. The third-order valence-corrected chi connectivity index (χ3v) is 4.80. The molecule has 2 aromatic heterocycles. The smallest absolute Gasteiger partial charge is 0.254 e. The summed E-state index contributed by atoms with van der Waals surface area (Å²) >= 11 is 0. The number of hydrogen-bond donors (Lipinski definition) is 1. The first-order chi connectivity index (χ1) is 11.6. The topological polar surface area (TPSA) is 77.0 Å². The zero-order chi connectivity index (χ0) is 18.5. The highest BCUT2D eigenvalue weighted by atomic mass is 35.5. The summed E-state index contributed by atoms with van der Waals surface area (Å²) in [4.78, 5) is 19.9. The molecule has 0 aromatic carbocycles. The minimum absolute atomic E-state index is 0. The molecule has 6 nitrogen and oxygen atoms in total. The van der Waals surface area contributed by atoms with E-state index in [1.54, 1.807) is 0 Å². The second-order valence-electron chi connectivity index (χ2n) is 8.42. The van der Waals surface area contributed by atoms with Crippen LogP contribution in [0.15, 0.2) is 6.07 Å². The molecule has 1 amide bonds. The van der Waals surface area contributed by atoms with Gasteiger partial charge in [-0.3, -0.25) is 4.79 Å². The van der Waals surface area contributed by atoms with Crippen LogP contribution in [0.1, 0.15) is 68.7 Å². The Morgan fingerprint density at radius 3 is 2.41 bits per heavy atom. The number of rotatable bonds is 2. The fraction of sp³-hybridized carbons (Fsp3) is 0.632. The fourth-order valence-corrected chi connectivity index (χ4v) is 3.38. The van der Waals surface area contributed by atoms with E-state index in [1.807, 2.05) is 22.6 Å². The molecule has 0 aliphatic carbocycles. The average molecular weight is 416 g/mol. The van der Waals surface area contributed by atoms with E-state index in [4.69, 9.17) is 15.8 Å². The van der Waals surface area contributed by atoms with Crippen LogP contribution in [0.25, 0.3) is 11.0 Å². The van der Waals surface area contributed by atoms with Gasteiger partial charge in [0.1, 0.15) is 0 Å².